The van der Waals surface area contributed by atoms with E-state index in [-0.39, 0.29) is 11.1 Å². The van der Waals surface area contributed by atoms with E-state index in [0.29, 0.717) is 4.47 Å². The van der Waals surface area contributed by atoms with Gasteiger partial charge >= 0.3 is 6.36 Å². The summed E-state index contributed by atoms with van der Waals surface area (Å²) in [5, 5.41) is 0. The van der Waals surface area contributed by atoms with Gasteiger partial charge in [-0.3, -0.25) is 4.79 Å². The molecule has 0 amide bonds. The second-order valence-corrected chi connectivity index (χ2v) is 4.91. The number of rotatable bonds is 3. The standard InChI is InChI=1S/C14H7BrF4O2/c15-8-5-6-9(11(16)7-8)13(20)10-3-1-2-4-12(10)21-14(17,18)19/h1-7H. The highest BCUT2D eigenvalue weighted by molar-refractivity contribution is 9.10. The summed E-state index contributed by atoms with van der Waals surface area (Å²) < 4.78 is 54.9. The highest BCUT2D eigenvalue weighted by Gasteiger charge is 2.33. The van der Waals surface area contributed by atoms with E-state index in [1.54, 1.807) is 0 Å². The Labute approximate surface area is 125 Å². The van der Waals surface area contributed by atoms with E-state index in [1.807, 2.05) is 0 Å². The van der Waals surface area contributed by atoms with Gasteiger partial charge < -0.3 is 4.74 Å². The number of hydrogen-bond donors (Lipinski definition) is 0. The third kappa shape index (κ3) is 3.81. The van der Waals surface area contributed by atoms with Crippen molar-refractivity contribution in [1.82, 2.24) is 0 Å². The first kappa shape index (κ1) is 15.5. The average Bonchev–Trinajstić information content (AvgIpc) is 2.36. The Hall–Kier alpha value is -1.89. The predicted octanol–water partition coefficient (Wildman–Crippen LogP) is 4.72. The molecule has 0 aliphatic rings. The van der Waals surface area contributed by atoms with Crippen LogP contribution in [0.4, 0.5) is 17.6 Å². The number of alkyl halides is 3. The SMILES string of the molecule is O=C(c1ccc(Br)cc1F)c1ccccc1OC(F)(F)F. The fourth-order valence-electron chi connectivity index (χ4n) is 1.69. The van der Waals surface area contributed by atoms with Gasteiger partial charge in [-0.15, -0.1) is 13.2 Å². The van der Waals surface area contributed by atoms with E-state index in [9.17, 15) is 22.4 Å². The van der Waals surface area contributed by atoms with Crippen LogP contribution in [0.3, 0.4) is 0 Å². The summed E-state index contributed by atoms with van der Waals surface area (Å²) >= 11 is 3.03. The van der Waals surface area contributed by atoms with Crippen LogP contribution in [0.2, 0.25) is 0 Å². The molecule has 2 aromatic carbocycles. The lowest BCUT2D eigenvalue weighted by Gasteiger charge is -2.12. The molecule has 0 bridgehead atoms. The average molecular weight is 363 g/mol. The van der Waals surface area contributed by atoms with Gasteiger partial charge in [-0.05, 0) is 30.3 Å². The molecule has 0 aliphatic heterocycles. The number of carbonyl (C=O) groups excluding carboxylic acids is 1. The van der Waals surface area contributed by atoms with E-state index in [2.05, 4.69) is 20.7 Å². The van der Waals surface area contributed by atoms with E-state index in [1.165, 1.54) is 24.3 Å². The summed E-state index contributed by atoms with van der Waals surface area (Å²) in [5.41, 5.74) is -0.701. The van der Waals surface area contributed by atoms with Crippen LogP contribution in [-0.2, 0) is 0 Å². The molecule has 2 rings (SSSR count). The number of ether oxygens (including phenoxy) is 1. The first-order chi connectivity index (χ1) is 9.78. The zero-order chi connectivity index (χ0) is 15.6. The molecule has 0 aromatic heterocycles. The lowest BCUT2D eigenvalue weighted by atomic mass is 10.0. The monoisotopic (exact) mass is 362 g/mol. The van der Waals surface area contributed by atoms with E-state index in [0.717, 1.165) is 18.2 Å². The van der Waals surface area contributed by atoms with E-state index < -0.39 is 23.7 Å². The molecule has 0 saturated heterocycles. The molecule has 21 heavy (non-hydrogen) atoms. The molecular formula is C14H7BrF4O2. The van der Waals surface area contributed by atoms with Crippen LogP contribution in [0.1, 0.15) is 15.9 Å². The Balaban J connectivity index is 2.44. The van der Waals surface area contributed by atoms with Gasteiger partial charge in [-0.1, -0.05) is 28.1 Å². The lowest BCUT2D eigenvalue weighted by Crippen LogP contribution is -2.19. The number of para-hydroxylation sites is 1. The van der Waals surface area contributed by atoms with E-state index in [4.69, 9.17) is 0 Å². The van der Waals surface area contributed by atoms with Crippen LogP contribution < -0.4 is 4.74 Å². The maximum atomic E-state index is 13.7. The molecular weight excluding hydrogens is 356 g/mol. The minimum atomic E-state index is -4.94. The van der Waals surface area contributed by atoms with Crippen molar-refractivity contribution in [2.24, 2.45) is 0 Å². The van der Waals surface area contributed by atoms with Crippen molar-refractivity contribution in [3.05, 3.63) is 63.9 Å². The van der Waals surface area contributed by atoms with Gasteiger partial charge in [-0.2, -0.15) is 0 Å². The maximum Gasteiger partial charge on any atom is 0.573 e. The second-order valence-electron chi connectivity index (χ2n) is 4.00. The van der Waals surface area contributed by atoms with Gasteiger partial charge in [0.1, 0.15) is 11.6 Å². The summed E-state index contributed by atoms with van der Waals surface area (Å²) in [6, 6.07) is 8.46. The van der Waals surface area contributed by atoms with Gasteiger partial charge in [0.15, 0.2) is 5.78 Å². The normalized spacial score (nSPS) is 11.3. The Morgan fingerprint density at radius 3 is 2.33 bits per heavy atom. The van der Waals surface area contributed by atoms with Crippen LogP contribution >= 0.6 is 15.9 Å². The zero-order valence-corrected chi connectivity index (χ0v) is 11.8. The molecule has 2 nitrogen and oxygen atoms in total. The van der Waals surface area contributed by atoms with Crippen LogP contribution in [0.25, 0.3) is 0 Å². The topological polar surface area (TPSA) is 26.3 Å². The highest BCUT2D eigenvalue weighted by Crippen LogP contribution is 2.28. The van der Waals surface area contributed by atoms with Crippen molar-refractivity contribution < 1.29 is 27.1 Å². The number of hydrogen-bond acceptors (Lipinski definition) is 2. The smallest absolute Gasteiger partial charge is 0.405 e. The van der Waals surface area contributed by atoms with Crippen molar-refractivity contribution in [3.8, 4) is 5.75 Å². The Bertz CT molecular complexity index is 683. The van der Waals surface area contributed by atoms with Crippen molar-refractivity contribution in [3.63, 3.8) is 0 Å². The van der Waals surface area contributed by atoms with Crippen molar-refractivity contribution >= 4 is 21.7 Å². The molecule has 0 unspecified atom stereocenters. The molecule has 110 valence electrons. The van der Waals surface area contributed by atoms with Crippen LogP contribution in [-0.4, -0.2) is 12.1 Å². The molecule has 2 aromatic rings. The van der Waals surface area contributed by atoms with Crippen molar-refractivity contribution in [2.45, 2.75) is 6.36 Å². The molecule has 0 saturated carbocycles. The van der Waals surface area contributed by atoms with Crippen molar-refractivity contribution in [2.75, 3.05) is 0 Å². The molecule has 0 N–H and O–H groups in total. The molecule has 0 fully saturated rings. The van der Waals surface area contributed by atoms with Crippen LogP contribution in [0.15, 0.2) is 46.9 Å². The van der Waals surface area contributed by atoms with Gasteiger partial charge in [0.05, 0.1) is 11.1 Å². The first-order valence-electron chi connectivity index (χ1n) is 5.62. The van der Waals surface area contributed by atoms with Gasteiger partial charge in [-0.25, -0.2) is 4.39 Å². The van der Waals surface area contributed by atoms with Gasteiger partial charge in [0, 0.05) is 4.47 Å². The van der Waals surface area contributed by atoms with Crippen LogP contribution in [0.5, 0.6) is 5.75 Å². The predicted molar refractivity (Wildman–Crippen MR) is 70.7 cm³/mol. The lowest BCUT2D eigenvalue weighted by molar-refractivity contribution is -0.274. The summed E-state index contributed by atoms with van der Waals surface area (Å²) in [6.45, 7) is 0. The Morgan fingerprint density at radius 1 is 1.05 bits per heavy atom. The Kier molecular flexibility index (Phi) is 4.32. The molecule has 0 spiro atoms. The molecule has 0 atom stereocenters. The minimum Gasteiger partial charge on any atom is -0.405 e. The minimum absolute atomic E-state index is 0.337. The quantitative estimate of drug-likeness (QED) is 0.583. The number of benzene rings is 2. The highest BCUT2D eigenvalue weighted by atomic mass is 79.9. The maximum absolute atomic E-state index is 13.7. The zero-order valence-electron chi connectivity index (χ0n) is 10.2. The van der Waals surface area contributed by atoms with Crippen molar-refractivity contribution in [1.29, 1.82) is 0 Å². The molecule has 0 radical (unpaired) electrons. The third-order valence-corrected chi connectivity index (χ3v) is 3.03. The largest absolute Gasteiger partial charge is 0.573 e. The Morgan fingerprint density at radius 2 is 1.71 bits per heavy atom. The molecule has 0 heterocycles. The number of halogens is 5. The number of ketones is 1. The fraction of sp³-hybridized carbons (Fsp3) is 0.0714. The summed E-state index contributed by atoms with van der Waals surface area (Å²) in [7, 11) is 0. The molecule has 0 aliphatic carbocycles. The van der Waals surface area contributed by atoms with Crippen LogP contribution in [0, 0.1) is 5.82 Å². The first-order valence-corrected chi connectivity index (χ1v) is 6.42. The summed E-state index contributed by atoms with van der Waals surface area (Å²) in [6.07, 6.45) is -4.94. The molecule has 7 heteroatoms. The third-order valence-electron chi connectivity index (χ3n) is 2.53. The summed E-state index contributed by atoms with van der Waals surface area (Å²) in [4.78, 5) is 12.2. The van der Waals surface area contributed by atoms with Gasteiger partial charge in [0.2, 0.25) is 0 Å². The second kappa shape index (κ2) is 5.85. The summed E-state index contributed by atoms with van der Waals surface area (Å²) in [5.74, 6) is -2.40. The van der Waals surface area contributed by atoms with Gasteiger partial charge in [0.25, 0.3) is 0 Å². The number of carbonyl (C=O) groups is 1. The van der Waals surface area contributed by atoms with E-state index >= 15 is 0 Å². The fourth-order valence-corrected chi connectivity index (χ4v) is 2.02.